The van der Waals surface area contributed by atoms with Gasteiger partial charge >= 0.3 is 0 Å². The van der Waals surface area contributed by atoms with Crippen LogP contribution >= 0.6 is 23.2 Å². The van der Waals surface area contributed by atoms with Crippen LogP contribution in [-0.4, -0.2) is 4.33 Å². The first kappa shape index (κ1) is 7.68. The highest BCUT2D eigenvalue weighted by Gasteiger charge is 2.29. The summed E-state index contributed by atoms with van der Waals surface area (Å²) in [4.78, 5) is 0. The number of alkyl halides is 2. The zero-order valence-corrected chi connectivity index (χ0v) is 6.88. The maximum atomic E-state index is 5.89. The van der Waals surface area contributed by atoms with Gasteiger partial charge < -0.3 is 0 Å². The van der Waals surface area contributed by atoms with Crippen LogP contribution in [0.4, 0.5) is 0 Å². The quantitative estimate of drug-likeness (QED) is 0.485. The summed E-state index contributed by atoms with van der Waals surface area (Å²) >= 11 is 11.8. The van der Waals surface area contributed by atoms with Crippen molar-refractivity contribution >= 4 is 23.2 Å². The van der Waals surface area contributed by atoms with E-state index < -0.39 is 4.33 Å². The van der Waals surface area contributed by atoms with Crippen molar-refractivity contribution in [1.29, 1.82) is 0 Å². The highest BCUT2D eigenvalue weighted by atomic mass is 35.5. The third kappa shape index (κ3) is 2.35. The SMILES string of the molecule is [CH2]C1CCCC(Cl)(Cl)C1. The first-order valence-corrected chi connectivity index (χ1v) is 4.07. The molecule has 1 rings (SSSR count). The Labute approximate surface area is 66.5 Å². The van der Waals surface area contributed by atoms with Gasteiger partial charge in [0.05, 0.1) is 0 Å². The Morgan fingerprint density at radius 3 is 2.44 bits per heavy atom. The number of rotatable bonds is 0. The van der Waals surface area contributed by atoms with Crippen LogP contribution in [0.25, 0.3) is 0 Å². The molecule has 9 heavy (non-hydrogen) atoms. The zero-order chi connectivity index (χ0) is 6.91. The molecule has 53 valence electrons. The lowest BCUT2D eigenvalue weighted by Crippen LogP contribution is -2.22. The molecule has 0 aliphatic heterocycles. The van der Waals surface area contributed by atoms with Crippen molar-refractivity contribution in [1.82, 2.24) is 0 Å². The van der Waals surface area contributed by atoms with Crippen LogP contribution in [-0.2, 0) is 0 Å². The van der Waals surface area contributed by atoms with E-state index in [4.69, 9.17) is 23.2 Å². The molecule has 0 bridgehead atoms. The van der Waals surface area contributed by atoms with Gasteiger partial charge in [0.2, 0.25) is 0 Å². The monoisotopic (exact) mass is 165 g/mol. The smallest absolute Gasteiger partial charge is 0.102 e. The molecular weight excluding hydrogens is 155 g/mol. The summed E-state index contributed by atoms with van der Waals surface area (Å²) in [5, 5.41) is 0. The standard InChI is InChI=1S/C7H11Cl2/c1-6-3-2-4-7(8,9)5-6/h6H,1-5H2. The molecule has 0 N–H and O–H groups in total. The highest BCUT2D eigenvalue weighted by molar-refractivity contribution is 6.48. The van der Waals surface area contributed by atoms with Gasteiger partial charge in [0, 0.05) is 0 Å². The van der Waals surface area contributed by atoms with Crippen LogP contribution in [0.15, 0.2) is 0 Å². The molecule has 0 spiro atoms. The van der Waals surface area contributed by atoms with E-state index in [1.54, 1.807) is 0 Å². The van der Waals surface area contributed by atoms with E-state index in [0.717, 1.165) is 19.3 Å². The van der Waals surface area contributed by atoms with Crippen molar-refractivity contribution in [2.24, 2.45) is 5.92 Å². The Hall–Kier alpha value is 0.580. The van der Waals surface area contributed by atoms with Crippen LogP contribution in [0.5, 0.6) is 0 Å². The Kier molecular flexibility index (Phi) is 2.28. The molecule has 1 saturated carbocycles. The van der Waals surface area contributed by atoms with Gasteiger partial charge in [0.25, 0.3) is 0 Å². The summed E-state index contributed by atoms with van der Waals surface area (Å²) in [6.07, 6.45) is 4.10. The molecular formula is C7H11Cl2. The molecule has 0 saturated heterocycles. The topological polar surface area (TPSA) is 0 Å². The zero-order valence-electron chi connectivity index (χ0n) is 5.37. The van der Waals surface area contributed by atoms with Crippen molar-refractivity contribution in [3.8, 4) is 0 Å². The van der Waals surface area contributed by atoms with Crippen LogP contribution in [0.2, 0.25) is 0 Å². The summed E-state index contributed by atoms with van der Waals surface area (Å²) in [5.74, 6) is 0.466. The van der Waals surface area contributed by atoms with Crippen LogP contribution < -0.4 is 0 Å². The maximum Gasteiger partial charge on any atom is 0.118 e. The maximum absolute atomic E-state index is 5.89. The lowest BCUT2D eigenvalue weighted by atomic mass is 9.90. The Morgan fingerprint density at radius 2 is 2.11 bits per heavy atom. The van der Waals surface area contributed by atoms with E-state index in [1.807, 2.05) is 0 Å². The summed E-state index contributed by atoms with van der Waals surface area (Å²) in [6, 6.07) is 0. The molecule has 1 aliphatic rings. The molecule has 0 aromatic rings. The van der Waals surface area contributed by atoms with Crippen LogP contribution in [0.1, 0.15) is 25.7 Å². The van der Waals surface area contributed by atoms with E-state index in [9.17, 15) is 0 Å². The fourth-order valence-corrected chi connectivity index (χ4v) is 1.98. The molecule has 0 nitrogen and oxygen atoms in total. The second-order valence-electron chi connectivity index (χ2n) is 2.82. The molecule has 1 unspecified atom stereocenters. The largest absolute Gasteiger partial charge is 0.118 e. The lowest BCUT2D eigenvalue weighted by Gasteiger charge is -2.28. The lowest BCUT2D eigenvalue weighted by molar-refractivity contribution is 0.397. The molecule has 1 aliphatic carbocycles. The van der Waals surface area contributed by atoms with Crippen molar-refractivity contribution in [3.05, 3.63) is 6.92 Å². The summed E-state index contributed by atoms with van der Waals surface area (Å²) < 4.78 is -0.468. The van der Waals surface area contributed by atoms with E-state index >= 15 is 0 Å². The first-order valence-electron chi connectivity index (χ1n) is 3.31. The average Bonchev–Trinajstić information content (AvgIpc) is 1.60. The van der Waals surface area contributed by atoms with Crippen LogP contribution in [0, 0.1) is 12.8 Å². The molecule has 0 amide bonds. The fraction of sp³-hybridized carbons (Fsp3) is 0.857. The first-order chi connectivity index (χ1) is 4.10. The minimum Gasteiger partial charge on any atom is -0.102 e. The Balaban J connectivity index is 2.41. The van der Waals surface area contributed by atoms with Gasteiger partial charge in [0.1, 0.15) is 4.33 Å². The van der Waals surface area contributed by atoms with Crippen molar-refractivity contribution in [2.45, 2.75) is 30.0 Å². The second kappa shape index (κ2) is 2.67. The van der Waals surface area contributed by atoms with Gasteiger partial charge in [-0.3, -0.25) is 0 Å². The second-order valence-corrected chi connectivity index (χ2v) is 4.46. The van der Waals surface area contributed by atoms with Crippen LogP contribution in [0.3, 0.4) is 0 Å². The highest BCUT2D eigenvalue weighted by Crippen LogP contribution is 2.39. The van der Waals surface area contributed by atoms with Gasteiger partial charge in [-0.1, -0.05) is 19.8 Å². The summed E-state index contributed by atoms with van der Waals surface area (Å²) in [5.41, 5.74) is 0. The van der Waals surface area contributed by atoms with Crippen molar-refractivity contribution in [2.75, 3.05) is 0 Å². The third-order valence-corrected chi connectivity index (χ3v) is 2.43. The number of hydrogen-bond donors (Lipinski definition) is 0. The molecule has 2 heteroatoms. The summed E-state index contributed by atoms with van der Waals surface area (Å²) in [7, 11) is 0. The molecule has 0 aromatic carbocycles. The van der Waals surface area contributed by atoms with Gasteiger partial charge in [0.15, 0.2) is 0 Å². The van der Waals surface area contributed by atoms with E-state index in [1.165, 1.54) is 6.42 Å². The molecule has 0 heterocycles. The number of halogens is 2. The normalized spacial score (nSPS) is 34.3. The molecule has 0 aromatic heterocycles. The minimum absolute atomic E-state index is 0.466. The predicted octanol–water partition coefficient (Wildman–Crippen LogP) is 3.18. The third-order valence-electron chi connectivity index (χ3n) is 1.74. The van der Waals surface area contributed by atoms with Gasteiger partial charge in [-0.25, -0.2) is 0 Å². The Bertz CT molecular complexity index is 99.1. The predicted molar refractivity (Wildman–Crippen MR) is 41.8 cm³/mol. The summed E-state index contributed by atoms with van der Waals surface area (Å²) in [6.45, 7) is 3.92. The fourth-order valence-electron chi connectivity index (χ4n) is 1.28. The average molecular weight is 166 g/mol. The number of hydrogen-bond acceptors (Lipinski definition) is 0. The van der Waals surface area contributed by atoms with E-state index in [0.29, 0.717) is 5.92 Å². The van der Waals surface area contributed by atoms with E-state index in [2.05, 4.69) is 6.92 Å². The molecule has 1 atom stereocenters. The Morgan fingerprint density at radius 1 is 1.44 bits per heavy atom. The van der Waals surface area contributed by atoms with Gasteiger partial charge in [-0.05, 0) is 18.8 Å². The minimum atomic E-state index is -0.468. The van der Waals surface area contributed by atoms with Gasteiger partial charge in [-0.15, -0.1) is 23.2 Å². The molecule has 1 radical (unpaired) electrons. The molecule has 1 fully saturated rings. The van der Waals surface area contributed by atoms with Crippen molar-refractivity contribution in [3.63, 3.8) is 0 Å². The van der Waals surface area contributed by atoms with Crippen molar-refractivity contribution < 1.29 is 0 Å². The van der Waals surface area contributed by atoms with E-state index in [-0.39, 0.29) is 0 Å². The van der Waals surface area contributed by atoms with Gasteiger partial charge in [-0.2, -0.15) is 0 Å².